The molecule has 0 aromatic carbocycles. The van der Waals surface area contributed by atoms with Gasteiger partial charge in [0.1, 0.15) is 0 Å². The summed E-state index contributed by atoms with van der Waals surface area (Å²) in [6.07, 6.45) is -5.09. The summed E-state index contributed by atoms with van der Waals surface area (Å²) in [6, 6.07) is 0. The number of hydrogen-bond donors (Lipinski definition) is 0. The molecule has 0 aliphatic rings. The predicted molar refractivity (Wildman–Crippen MR) is 22.9 cm³/mol. The molecule has 0 amide bonds. The van der Waals surface area contributed by atoms with Crippen molar-refractivity contribution in [2.24, 2.45) is 0 Å². The second-order valence-electron chi connectivity index (χ2n) is 1.61. The van der Waals surface area contributed by atoms with E-state index in [1.807, 2.05) is 0 Å². The fourth-order valence-corrected chi connectivity index (χ4v) is 0.252. The number of alkyl halides is 6. The van der Waals surface area contributed by atoms with Gasteiger partial charge in [-0.05, 0) is 0 Å². The van der Waals surface area contributed by atoms with Gasteiger partial charge in [0.2, 0.25) is 0 Å². The molecule has 7 heteroatoms. The van der Waals surface area contributed by atoms with E-state index in [9.17, 15) is 26.3 Å². The Hall–Kier alpha value is -0.460. The van der Waals surface area contributed by atoms with Gasteiger partial charge >= 0.3 is 12.0 Å². The summed E-state index contributed by atoms with van der Waals surface area (Å²) in [5, 5.41) is 0. The second-order valence-corrected chi connectivity index (χ2v) is 1.61. The standard InChI is InChI=1S/C4H4F6O/c5-1-3(7,8)4(9,10)11-2-6/h1-2H2. The second kappa shape index (κ2) is 3.29. The number of ether oxygens (including phenoxy) is 1. The predicted octanol–water partition coefficient (Wildman–Crippen LogP) is 2.13. The third-order valence-corrected chi connectivity index (χ3v) is 0.829. The minimum absolute atomic E-state index is 2.09. The van der Waals surface area contributed by atoms with Crippen LogP contribution in [0.15, 0.2) is 0 Å². The molecule has 0 fully saturated rings. The number of hydrogen-bond acceptors (Lipinski definition) is 1. The normalized spacial score (nSPS) is 13.6. The maximum atomic E-state index is 11.8. The van der Waals surface area contributed by atoms with Crippen LogP contribution in [0.5, 0.6) is 0 Å². The summed E-state index contributed by atoms with van der Waals surface area (Å²) >= 11 is 0. The van der Waals surface area contributed by atoms with Gasteiger partial charge in [-0.15, -0.1) is 0 Å². The molecule has 0 aliphatic carbocycles. The summed E-state index contributed by atoms with van der Waals surface area (Å²) in [5.74, 6) is -4.97. The largest absolute Gasteiger partial charge is 0.424 e. The van der Waals surface area contributed by atoms with E-state index in [0.29, 0.717) is 0 Å². The van der Waals surface area contributed by atoms with Crippen LogP contribution in [0, 0.1) is 0 Å². The maximum Gasteiger partial charge on any atom is 0.424 e. The van der Waals surface area contributed by atoms with Crippen molar-refractivity contribution in [3.05, 3.63) is 0 Å². The smallest absolute Gasteiger partial charge is 0.284 e. The topological polar surface area (TPSA) is 9.23 Å². The average Bonchev–Trinajstić information content (AvgIpc) is 1.87. The lowest BCUT2D eigenvalue weighted by atomic mass is 10.3. The van der Waals surface area contributed by atoms with Gasteiger partial charge in [0.05, 0.1) is 0 Å². The Morgan fingerprint density at radius 3 is 1.73 bits per heavy atom. The Labute approximate surface area is 57.9 Å². The zero-order valence-electron chi connectivity index (χ0n) is 5.09. The Bertz CT molecular complexity index is 124. The van der Waals surface area contributed by atoms with Crippen molar-refractivity contribution in [1.29, 1.82) is 0 Å². The van der Waals surface area contributed by atoms with E-state index < -0.39 is 25.6 Å². The third kappa shape index (κ3) is 2.25. The Morgan fingerprint density at radius 1 is 1.00 bits per heavy atom. The highest BCUT2D eigenvalue weighted by atomic mass is 19.3. The van der Waals surface area contributed by atoms with E-state index in [-0.39, 0.29) is 0 Å². The van der Waals surface area contributed by atoms with E-state index in [0.717, 1.165) is 0 Å². The van der Waals surface area contributed by atoms with Crippen LogP contribution >= 0.6 is 0 Å². The molecule has 0 unspecified atom stereocenters. The highest BCUT2D eigenvalue weighted by molar-refractivity contribution is 4.75. The fourth-order valence-electron chi connectivity index (χ4n) is 0.252. The first-order chi connectivity index (χ1) is 4.87. The lowest BCUT2D eigenvalue weighted by molar-refractivity contribution is -0.358. The molecule has 0 rings (SSSR count). The van der Waals surface area contributed by atoms with Crippen LogP contribution in [-0.2, 0) is 4.74 Å². The number of halogens is 6. The molecule has 0 atom stereocenters. The molecule has 1 nitrogen and oxygen atoms in total. The Balaban J connectivity index is 4.26. The van der Waals surface area contributed by atoms with E-state index >= 15 is 0 Å². The first-order valence-corrected chi connectivity index (χ1v) is 2.39. The fraction of sp³-hybridized carbons (Fsp3) is 1.00. The van der Waals surface area contributed by atoms with Crippen molar-refractivity contribution in [2.75, 3.05) is 13.5 Å². The van der Waals surface area contributed by atoms with Crippen molar-refractivity contribution >= 4 is 0 Å². The minimum Gasteiger partial charge on any atom is -0.284 e. The summed E-state index contributed by atoms with van der Waals surface area (Å²) in [7, 11) is 0. The van der Waals surface area contributed by atoms with Gasteiger partial charge in [-0.3, -0.25) is 4.74 Å². The van der Waals surface area contributed by atoms with Crippen molar-refractivity contribution in [3.8, 4) is 0 Å². The van der Waals surface area contributed by atoms with Crippen LogP contribution in [0.25, 0.3) is 0 Å². The van der Waals surface area contributed by atoms with Crippen LogP contribution < -0.4 is 0 Å². The summed E-state index contributed by atoms with van der Waals surface area (Å²) < 4.78 is 71.8. The van der Waals surface area contributed by atoms with Gasteiger partial charge in [-0.1, -0.05) is 0 Å². The zero-order chi connectivity index (χ0) is 9.12. The van der Waals surface area contributed by atoms with Crippen LogP contribution in [0.3, 0.4) is 0 Å². The molecule has 0 aromatic rings. The van der Waals surface area contributed by atoms with Crippen LogP contribution in [-0.4, -0.2) is 25.6 Å². The summed E-state index contributed by atoms with van der Waals surface area (Å²) in [4.78, 5) is 0. The molecule has 0 saturated carbocycles. The molecule has 68 valence electrons. The molecule has 0 aromatic heterocycles. The molecule has 11 heavy (non-hydrogen) atoms. The van der Waals surface area contributed by atoms with Gasteiger partial charge in [0.25, 0.3) is 0 Å². The van der Waals surface area contributed by atoms with E-state index in [1.165, 1.54) is 0 Å². The molecule has 0 spiro atoms. The van der Waals surface area contributed by atoms with Crippen LogP contribution in [0.2, 0.25) is 0 Å². The van der Waals surface area contributed by atoms with E-state index in [4.69, 9.17) is 0 Å². The Morgan fingerprint density at radius 2 is 1.45 bits per heavy atom. The van der Waals surface area contributed by atoms with Crippen molar-refractivity contribution < 1.29 is 31.1 Å². The molecule has 0 radical (unpaired) electrons. The minimum atomic E-state index is -5.09. The molecule has 0 bridgehead atoms. The molecule has 0 heterocycles. The van der Waals surface area contributed by atoms with E-state index in [2.05, 4.69) is 4.74 Å². The van der Waals surface area contributed by atoms with Crippen LogP contribution in [0.4, 0.5) is 26.3 Å². The molecule has 0 saturated heterocycles. The maximum absolute atomic E-state index is 11.8. The molecular weight excluding hydrogens is 178 g/mol. The molecule has 0 N–H and O–H groups in total. The summed E-state index contributed by atoms with van der Waals surface area (Å²) in [6.45, 7) is -4.69. The lowest BCUT2D eigenvalue weighted by Crippen LogP contribution is -2.44. The Kier molecular flexibility index (Phi) is 3.15. The summed E-state index contributed by atoms with van der Waals surface area (Å²) in [5.41, 5.74) is 0. The average molecular weight is 182 g/mol. The molecular formula is C4H4F6O. The monoisotopic (exact) mass is 182 g/mol. The van der Waals surface area contributed by atoms with Crippen molar-refractivity contribution in [2.45, 2.75) is 12.0 Å². The van der Waals surface area contributed by atoms with Gasteiger partial charge in [-0.2, -0.15) is 17.6 Å². The quantitative estimate of drug-likeness (QED) is 0.605. The van der Waals surface area contributed by atoms with Crippen molar-refractivity contribution in [1.82, 2.24) is 0 Å². The van der Waals surface area contributed by atoms with Gasteiger partial charge in [-0.25, -0.2) is 8.78 Å². The number of rotatable bonds is 4. The molecule has 0 aliphatic heterocycles. The SMILES string of the molecule is FCOC(F)(F)C(F)(F)CF. The van der Waals surface area contributed by atoms with Gasteiger partial charge in [0, 0.05) is 0 Å². The lowest BCUT2D eigenvalue weighted by Gasteiger charge is -2.21. The highest BCUT2D eigenvalue weighted by Gasteiger charge is 2.58. The van der Waals surface area contributed by atoms with E-state index in [1.54, 1.807) is 0 Å². The third-order valence-electron chi connectivity index (χ3n) is 0.829. The van der Waals surface area contributed by atoms with Crippen LogP contribution in [0.1, 0.15) is 0 Å². The van der Waals surface area contributed by atoms with Gasteiger partial charge < -0.3 is 0 Å². The van der Waals surface area contributed by atoms with Crippen molar-refractivity contribution in [3.63, 3.8) is 0 Å². The highest BCUT2D eigenvalue weighted by Crippen LogP contribution is 2.35. The zero-order valence-corrected chi connectivity index (χ0v) is 5.09. The first kappa shape index (κ1) is 10.5. The van der Waals surface area contributed by atoms with Gasteiger partial charge in [0.15, 0.2) is 13.5 Å². The first-order valence-electron chi connectivity index (χ1n) is 2.39.